The fourth-order valence-electron chi connectivity index (χ4n) is 5.00. The molecule has 0 atom stereocenters. The highest BCUT2D eigenvalue weighted by molar-refractivity contribution is 6.13. The van der Waals surface area contributed by atoms with Gasteiger partial charge in [-0.2, -0.15) is 0 Å². The molecule has 1 heterocycles. The molecule has 0 unspecified atom stereocenters. The van der Waals surface area contributed by atoms with E-state index in [1.165, 1.54) is 38.2 Å². The van der Waals surface area contributed by atoms with Gasteiger partial charge in [0, 0.05) is 5.56 Å². The standard InChI is InChI=1S/C33H30O2/c1-32(2)33(3,4)35-31(34-32)26-15-10-13-23(20-26)22-12-9-14-24(19-22)30-21-25-11-5-6-16-27(25)28-17-7-8-18-29(28)30/h5-21,31H,1-4H3. The molecule has 174 valence electrons. The van der Waals surface area contributed by atoms with Gasteiger partial charge >= 0.3 is 0 Å². The molecule has 1 aliphatic heterocycles. The summed E-state index contributed by atoms with van der Waals surface area (Å²) in [4.78, 5) is 0. The fourth-order valence-corrected chi connectivity index (χ4v) is 5.00. The van der Waals surface area contributed by atoms with Crippen molar-refractivity contribution < 1.29 is 9.47 Å². The first-order chi connectivity index (χ1) is 16.8. The minimum absolute atomic E-state index is 0.356. The maximum atomic E-state index is 6.30. The summed E-state index contributed by atoms with van der Waals surface area (Å²) in [5.74, 6) is 0. The minimum Gasteiger partial charge on any atom is -0.339 e. The van der Waals surface area contributed by atoms with Gasteiger partial charge in [0.2, 0.25) is 0 Å². The van der Waals surface area contributed by atoms with E-state index in [0.717, 1.165) is 11.1 Å². The number of benzene rings is 5. The van der Waals surface area contributed by atoms with E-state index in [1.807, 2.05) is 0 Å². The third kappa shape index (κ3) is 3.74. The summed E-state index contributed by atoms with van der Waals surface area (Å²) < 4.78 is 12.6. The van der Waals surface area contributed by atoms with Gasteiger partial charge in [0.15, 0.2) is 6.29 Å². The van der Waals surface area contributed by atoms with E-state index in [-0.39, 0.29) is 17.5 Å². The lowest BCUT2D eigenvalue weighted by Gasteiger charge is -2.30. The van der Waals surface area contributed by atoms with Crippen molar-refractivity contribution in [3.05, 3.63) is 109 Å². The molecular weight excluding hydrogens is 428 g/mol. The summed E-state index contributed by atoms with van der Waals surface area (Å²) in [6.07, 6.45) is -0.368. The molecule has 1 fully saturated rings. The number of hydrogen-bond donors (Lipinski definition) is 0. The quantitative estimate of drug-likeness (QED) is 0.251. The Morgan fingerprint density at radius 3 is 1.83 bits per heavy atom. The molecule has 0 aliphatic carbocycles. The zero-order valence-corrected chi connectivity index (χ0v) is 20.7. The van der Waals surface area contributed by atoms with E-state index in [9.17, 15) is 0 Å². The van der Waals surface area contributed by atoms with Crippen molar-refractivity contribution in [3.63, 3.8) is 0 Å². The average molecular weight is 459 g/mol. The van der Waals surface area contributed by atoms with Gasteiger partial charge in [0.05, 0.1) is 11.2 Å². The van der Waals surface area contributed by atoms with Gasteiger partial charge in [-0.25, -0.2) is 0 Å². The normalized spacial score (nSPS) is 17.3. The molecule has 0 aromatic heterocycles. The van der Waals surface area contributed by atoms with Crippen molar-refractivity contribution >= 4 is 21.5 Å². The van der Waals surface area contributed by atoms with Crippen LogP contribution in [0.25, 0.3) is 43.8 Å². The fraction of sp³-hybridized carbons (Fsp3) is 0.212. The van der Waals surface area contributed by atoms with Crippen molar-refractivity contribution in [1.29, 1.82) is 0 Å². The lowest BCUT2D eigenvalue weighted by Crippen LogP contribution is -2.41. The van der Waals surface area contributed by atoms with Gasteiger partial charge in [-0.05, 0) is 89.7 Å². The van der Waals surface area contributed by atoms with E-state index >= 15 is 0 Å². The van der Waals surface area contributed by atoms with Crippen molar-refractivity contribution in [3.8, 4) is 22.3 Å². The number of hydrogen-bond acceptors (Lipinski definition) is 2. The lowest BCUT2D eigenvalue weighted by atomic mass is 9.90. The zero-order chi connectivity index (χ0) is 24.2. The predicted molar refractivity (Wildman–Crippen MR) is 145 cm³/mol. The van der Waals surface area contributed by atoms with Gasteiger partial charge in [-0.1, -0.05) is 84.9 Å². The average Bonchev–Trinajstić information content (AvgIpc) is 3.10. The third-order valence-corrected chi connectivity index (χ3v) is 7.69. The van der Waals surface area contributed by atoms with E-state index in [0.29, 0.717) is 0 Å². The van der Waals surface area contributed by atoms with Crippen LogP contribution in [0.5, 0.6) is 0 Å². The molecule has 1 aliphatic rings. The zero-order valence-electron chi connectivity index (χ0n) is 20.7. The summed E-state index contributed by atoms with van der Waals surface area (Å²) in [6, 6.07) is 37.0. The Hall–Kier alpha value is -3.46. The second kappa shape index (κ2) is 8.05. The number of fused-ring (bicyclic) bond motifs is 3. The van der Waals surface area contributed by atoms with E-state index in [1.54, 1.807) is 0 Å². The molecule has 0 bridgehead atoms. The van der Waals surface area contributed by atoms with Gasteiger partial charge in [0.1, 0.15) is 0 Å². The molecule has 5 aromatic carbocycles. The summed E-state index contributed by atoms with van der Waals surface area (Å²) in [5, 5.41) is 5.11. The highest BCUT2D eigenvalue weighted by atomic mass is 16.7. The first-order valence-corrected chi connectivity index (χ1v) is 12.3. The van der Waals surface area contributed by atoms with Crippen LogP contribution in [-0.2, 0) is 9.47 Å². The minimum atomic E-state index is -0.368. The molecule has 0 spiro atoms. The van der Waals surface area contributed by atoms with Crippen molar-refractivity contribution in [2.75, 3.05) is 0 Å². The van der Waals surface area contributed by atoms with Crippen LogP contribution in [0.4, 0.5) is 0 Å². The first-order valence-electron chi connectivity index (χ1n) is 12.3. The Balaban J connectivity index is 1.43. The van der Waals surface area contributed by atoms with Gasteiger partial charge in [-0.3, -0.25) is 0 Å². The van der Waals surface area contributed by atoms with Crippen LogP contribution in [0.15, 0.2) is 103 Å². The van der Waals surface area contributed by atoms with Crippen molar-refractivity contribution in [2.45, 2.75) is 45.2 Å². The van der Waals surface area contributed by atoms with Crippen molar-refractivity contribution in [1.82, 2.24) is 0 Å². The Kier molecular flexibility index (Phi) is 5.07. The maximum absolute atomic E-state index is 6.30. The third-order valence-electron chi connectivity index (χ3n) is 7.69. The molecule has 2 heteroatoms. The molecule has 0 saturated carbocycles. The van der Waals surface area contributed by atoms with Crippen LogP contribution in [0, 0.1) is 0 Å². The largest absolute Gasteiger partial charge is 0.339 e. The summed E-state index contributed by atoms with van der Waals surface area (Å²) in [6.45, 7) is 8.37. The lowest BCUT2D eigenvalue weighted by molar-refractivity contribution is -0.0895. The summed E-state index contributed by atoms with van der Waals surface area (Å²) in [7, 11) is 0. The monoisotopic (exact) mass is 458 g/mol. The number of ether oxygens (including phenoxy) is 2. The summed E-state index contributed by atoms with van der Waals surface area (Å²) >= 11 is 0. The van der Waals surface area contributed by atoms with Gasteiger partial charge < -0.3 is 9.47 Å². The molecule has 0 N–H and O–H groups in total. The predicted octanol–water partition coefficient (Wildman–Crippen LogP) is 8.93. The molecule has 1 saturated heterocycles. The Morgan fingerprint density at radius 2 is 1.09 bits per heavy atom. The van der Waals surface area contributed by atoms with Crippen LogP contribution in [0.3, 0.4) is 0 Å². The van der Waals surface area contributed by atoms with Crippen LogP contribution in [0.1, 0.15) is 39.5 Å². The van der Waals surface area contributed by atoms with Crippen LogP contribution < -0.4 is 0 Å². The molecular formula is C33H30O2. The van der Waals surface area contributed by atoms with Crippen LogP contribution in [-0.4, -0.2) is 11.2 Å². The Labute approximate surface area is 207 Å². The van der Waals surface area contributed by atoms with E-state index < -0.39 is 0 Å². The van der Waals surface area contributed by atoms with E-state index in [4.69, 9.17) is 9.47 Å². The highest BCUT2D eigenvalue weighted by Crippen LogP contribution is 2.45. The number of rotatable bonds is 3. The smallest absolute Gasteiger partial charge is 0.185 e. The Morgan fingerprint density at radius 1 is 0.514 bits per heavy atom. The second-order valence-electron chi connectivity index (χ2n) is 10.5. The molecule has 6 rings (SSSR count). The summed E-state index contributed by atoms with van der Waals surface area (Å²) in [5.41, 5.74) is 5.13. The molecule has 2 nitrogen and oxygen atoms in total. The van der Waals surface area contributed by atoms with Crippen molar-refractivity contribution in [2.24, 2.45) is 0 Å². The topological polar surface area (TPSA) is 18.5 Å². The van der Waals surface area contributed by atoms with E-state index in [2.05, 4.69) is 131 Å². The Bertz CT molecular complexity index is 1540. The van der Waals surface area contributed by atoms with Crippen LogP contribution in [0.2, 0.25) is 0 Å². The first kappa shape index (κ1) is 22.0. The van der Waals surface area contributed by atoms with Gasteiger partial charge in [-0.15, -0.1) is 0 Å². The van der Waals surface area contributed by atoms with Crippen LogP contribution >= 0.6 is 0 Å². The molecule has 0 radical (unpaired) electrons. The molecule has 5 aromatic rings. The second-order valence-corrected chi connectivity index (χ2v) is 10.5. The van der Waals surface area contributed by atoms with Gasteiger partial charge in [0.25, 0.3) is 0 Å². The SMILES string of the molecule is CC1(C)OC(c2cccc(-c3cccc(-c4cc5ccccc5c5ccccc45)c3)c2)OC1(C)C. The highest BCUT2D eigenvalue weighted by Gasteiger charge is 2.49. The molecule has 35 heavy (non-hydrogen) atoms. The molecule has 0 amide bonds. The maximum Gasteiger partial charge on any atom is 0.185 e.